The summed E-state index contributed by atoms with van der Waals surface area (Å²) in [6.45, 7) is 3.45. The van der Waals surface area contributed by atoms with Gasteiger partial charge in [-0.25, -0.2) is 0 Å². The van der Waals surface area contributed by atoms with E-state index in [1.165, 1.54) is 5.69 Å². The van der Waals surface area contributed by atoms with E-state index in [0.717, 1.165) is 18.5 Å². The molecule has 0 aliphatic rings. The Kier molecular flexibility index (Phi) is 5.42. The van der Waals surface area contributed by atoms with Crippen LogP contribution in [0.2, 0.25) is 0 Å². The lowest BCUT2D eigenvalue weighted by Gasteiger charge is -2.19. The maximum Gasteiger partial charge on any atom is 0.251 e. The van der Waals surface area contributed by atoms with Crippen LogP contribution in [0.25, 0.3) is 0 Å². The molecule has 0 radical (unpaired) electrons. The Bertz CT molecular complexity index is 625. The predicted molar refractivity (Wildman–Crippen MR) is 92.3 cm³/mol. The fraction of sp³-hybridized carbons (Fsp3) is 0.278. The number of amides is 1. The number of benzene rings is 2. The van der Waals surface area contributed by atoms with Crippen molar-refractivity contribution in [3.05, 3.63) is 59.7 Å². The van der Waals surface area contributed by atoms with Crippen molar-refractivity contribution in [1.29, 1.82) is 0 Å². The Balaban J connectivity index is 1.79. The first-order chi connectivity index (χ1) is 10.6. The molecule has 2 aromatic rings. The summed E-state index contributed by atoms with van der Waals surface area (Å²) in [6, 6.07) is 15.6. The zero-order valence-corrected chi connectivity index (χ0v) is 13.2. The molecule has 3 N–H and O–H groups in total. The zero-order chi connectivity index (χ0) is 15.9. The number of carbonyl (C=O) groups is 1. The van der Waals surface area contributed by atoms with E-state index in [9.17, 15) is 4.79 Å². The number of anilines is 2. The first kappa shape index (κ1) is 15.9. The van der Waals surface area contributed by atoms with Crippen LogP contribution >= 0.6 is 0 Å². The van der Waals surface area contributed by atoms with Crippen LogP contribution in [0.4, 0.5) is 11.4 Å². The van der Waals surface area contributed by atoms with Crippen LogP contribution in [0.1, 0.15) is 22.3 Å². The smallest absolute Gasteiger partial charge is 0.251 e. The van der Waals surface area contributed by atoms with Crippen LogP contribution in [0.3, 0.4) is 0 Å². The second kappa shape index (κ2) is 7.50. The van der Waals surface area contributed by atoms with Gasteiger partial charge in [0.05, 0.1) is 0 Å². The van der Waals surface area contributed by atoms with Crippen LogP contribution < -0.4 is 16.0 Å². The lowest BCUT2D eigenvalue weighted by Crippen LogP contribution is -2.28. The first-order valence-corrected chi connectivity index (χ1v) is 7.48. The molecule has 0 aliphatic carbocycles. The topological polar surface area (TPSA) is 58.4 Å². The van der Waals surface area contributed by atoms with Crippen molar-refractivity contribution in [3.63, 3.8) is 0 Å². The van der Waals surface area contributed by atoms with Gasteiger partial charge in [-0.3, -0.25) is 4.79 Å². The van der Waals surface area contributed by atoms with Crippen molar-refractivity contribution >= 4 is 17.3 Å². The highest BCUT2D eigenvalue weighted by Gasteiger charge is 2.08. The maximum atomic E-state index is 12.2. The molecule has 2 rings (SSSR count). The zero-order valence-electron chi connectivity index (χ0n) is 13.2. The lowest BCUT2D eigenvalue weighted by molar-refractivity contribution is 0.0953. The van der Waals surface area contributed by atoms with Crippen molar-refractivity contribution in [2.45, 2.75) is 13.3 Å². The average molecular weight is 297 g/mol. The van der Waals surface area contributed by atoms with E-state index in [-0.39, 0.29) is 5.91 Å². The number of para-hydroxylation sites is 1. The second-order valence-electron chi connectivity index (χ2n) is 5.44. The molecule has 0 atom stereocenters. The van der Waals surface area contributed by atoms with Gasteiger partial charge in [0.25, 0.3) is 5.91 Å². The Morgan fingerprint density at radius 3 is 2.64 bits per heavy atom. The number of nitrogens with two attached hydrogens (primary N) is 1. The summed E-state index contributed by atoms with van der Waals surface area (Å²) < 4.78 is 0. The van der Waals surface area contributed by atoms with Gasteiger partial charge in [0.1, 0.15) is 0 Å². The number of nitrogens with one attached hydrogen (secondary N) is 1. The standard InChI is InChI=1S/C18H23N3O/c1-14-9-10-15(19)13-17(14)18(22)20-11-6-12-21(2)16-7-4-3-5-8-16/h3-5,7-10,13H,6,11-12,19H2,1-2H3,(H,20,22). The minimum Gasteiger partial charge on any atom is -0.399 e. The molecule has 1 amide bonds. The molecule has 0 fully saturated rings. The Morgan fingerprint density at radius 2 is 1.91 bits per heavy atom. The minimum atomic E-state index is -0.0628. The number of aryl methyl sites for hydroxylation is 1. The molecule has 22 heavy (non-hydrogen) atoms. The van der Waals surface area contributed by atoms with E-state index in [0.29, 0.717) is 17.8 Å². The van der Waals surface area contributed by atoms with E-state index >= 15 is 0 Å². The van der Waals surface area contributed by atoms with E-state index in [1.54, 1.807) is 12.1 Å². The first-order valence-electron chi connectivity index (χ1n) is 7.48. The molecular formula is C18H23N3O. The number of rotatable bonds is 6. The number of hydrogen-bond donors (Lipinski definition) is 2. The summed E-state index contributed by atoms with van der Waals surface area (Å²) in [5, 5.41) is 2.95. The Hall–Kier alpha value is -2.49. The molecule has 0 spiro atoms. The monoisotopic (exact) mass is 297 g/mol. The normalized spacial score (nSPS) is 10.3. The van der Waals surface area contributed by atoms with Crippen LogP contribution in [-0.4, -0.2) is 26.0 Å². The number of hydrogen-bond acceptors (Lipinski definition) is 3. The van der Waals surface area contributed by atoms with Gasteiger partial charge in [0, 0.05) is 37.1 Å². The summed E-state index contributed by atoms with van der Waals surface area (Å²) in [7, 11) is 2.05. The molecule has 0 unspecified atom stereocenters. The highest BCUT2D eigenvalue weighted by Crippen LogP contribution is 2.13. The number of carbonyl (C=O) groups excluding carboxylic acids is 1. The highest BCUT2D eigenvalue weighted by molar-refractivity contribution is 5.96. The molecule has 116 valence electrons. The van der Waals surface area contributed by atoms with E-state index in [2.05, 4.69) is 29.4 Å². The number of nitrogen functional groups attached to an aromatic ring is 1. The van der Waals surface area contributed by atoms with Crippen LogP contribution in [0, 0.1) is 6.92 Å². The van der Waals surface area contributed by atoms with Crippen molar-refractivity contribution in [1.82, 2.24) is 5.32 Å². The van der Waals surface area contributed by atoms with Crippen LogP contribution in [0.15, 0.2) is 48.5 Å². The third kappa shape index (κ3) is 4.25. The molecule has 0 aromatic heterocycles. The lowest BCUT2D eigenvalue weighted by atomic mass is 10.1. The van der Waals surface area contributed by atoms with Gasteiger partial charge in [0.2, 0.25) is 0 Å². The quantitative estimate of drug-likeness (QED) is 0.637. The molecule has 4 nitrogen and oxygen atoms in total. The van der Waals surface area contributed by atoms with Crippen LogP contribution in [0.5, 0.6) is 0 Å². The van der Waals surface area contributed by atoms with Crippen molar-refractivity contribution in [3.8, 4) is 0 Å². The van der Waals surface area contributed by atoms with E-state index < -0.39 is 0 Å². The Morgan fingerprint density at radius 1 is 1.18 bits per heavy atom. The fourth-order valence-corrected chi connectivity index (χ4v) is 2.31. The molecule has 0 saturated carbocycles. The summed E-state index contributed by atoms with van der Waals surface area (Å²) in [5.41, 5.74) is 9.12. The highest BCUT2D eigenvalue weighted by atomic mass is 16.1. The van der Waals surface area contributed by atoms with E-state index in [1.807, 2.05) is 31.2 Å². The Labute approximate surface area is 131 Å². The molecule has 0 bridgehead atoms. The SMILES string of the molecule is Cc1ccc(N)cc1C(=O)NCCCN(C)c1ccccc1. The number of nitrogens with zero attached hydrogens (tertiary/aromatic N) is 1. The van der Waals surface area contributed by atoms with Gasteiger partial charge >= 0.3 is 0 Å². The fourth-order valence-electron chi connectivity index (χ4n) is 2.31. The molecule has 0 aliphatic heterocycles. The van der Waals surface area contributed by atoms with Gasteiger partial charge in [-0.15, -0.1) is 0 Å². The molecular weight excluding hydrogens is 274 g/mol. The molecule has 4 heteroatoms. The van der Waals surface area contributed by atoms with E-state index in [4.69, 9.17) is 5.73 Å². The van der Waals surface area contributed by atoms with Crippen molar-refractivity contribution < 1.29 is 4.79 Å². The van der Waals surface area contributed by atoms with Crippen LogP contribution in [-0.2, 0) is 0 Å². The predicted octanol–water partition coefficient (Wildman–Crippen LogP) is 2.83. The maximum absolute atomic E-state index is 12.2. The summed E-state index contributed by atoms with van der Waals surface area (Å²) in [5.74, 6) is -0.0628. The average Bonchev–Trinajstić information content (AvgIpc) is 2.54. The summed E-state index contributed by atoms with van der Waals surface area (Å²) in [6.07, 6.45) is 0.887. The summed E-state index contributed by atoms with van der Waals surface area (Å²) >= 11 is 0. The van der Waals surface area contributed by atoms with Gasteiger partial charge < -0.3 is 16.0 Å². The van der Waals surface area contributed by atoms with Gasteiger partial charge in [-0.2, -0.15) is 0 Å². The van der Waals surface area contributed by atoms with Gasteiger partial charge in [-0.1, -0.05) is 24.3 Å². The second-order valence-corrected chi connectivity index (χ2v) is 5.44. The largest absolute Gasteiger partial charge is 0.399 e. The molecule has 0 saturated heterocycles. The van der Waals surface area contributed by atoms with Crippen molar-refractivity contribution in [2.24, 2.45) is 0 Å². The molecule has 0 heterocycles. The third-order valence-electron chi connectivity index (χ3n) is 3.66. The van der Waals surface area contributed by atoms with Crippen molar-refractivity contribution in [2.75, 3.05) is 30.8 Å². The van der Waals surface area contributed by atoms with Gasteiger partial charge in [0.15, 0.2) is 0 Å². The van der Waals surface area contributed by atoms with Gasteiger partial charge in [-0.05, 0) is 43.2 Å². The minimum absolute atomic E-state index is 0.0628. The third-order valence-corrected chi connectivity index (χ3v) is 3.66. The molecule has 2 aromatic carbocycles. The summed E-state index contributed by atoms with van der Waals surface area (Å²) in [4.78, 5) is 14.3.